The molecule has 1 aromatic rings. The highest BCUT2D eigenvalue weighted by atomic mass is 16.2. The summed E-state index contributed by atoms with van der Waals surface area (Å²) >= 11 is 0. The lowest BCUT2D eigenvalue weighted by Gasteiger charge is -2.33. The summed E-state index contributed by atoms with van der Waals surface area (Å²) in [6.45, 7) is 5.74. The van der Waals surface area contributed by atoms with Gasteiger partial charge in [-0.25, -0.2) is 0 Å². The molecule has 29 heavy (non-hydrogen) atoms. The third kappa shape index (κ3) is 6.71. The summed E-state index contributed by atoms with van der Waals surface area (Å²) in [5.74, 6) is -0.0308. The first-order valence-electron chi connectivity index (χ1n) is 10.4. The fraction of sp³-hybridized carbons (Fsp3) is 0.500. The van der Waals surface area contributed by atoms with E-state index >= 15 is 0 Å². The molecule has 2 fully saturated rings. The molecule has 0 aromatic heterocycles. The summed E-state index contributed by atoms with van der Waals surface area (Å²) < 4.78 is 0. The molecule has 156 valence electrons. The Morgan fingerprint density at radius 2 is 1.76 bits per heavy atom. The van der Waals surface area contributed by atoms with E-state index in [1.165, 1.54) is 0 Å². The second kappa shape index (κ2) is 10.2. The zero-order valence-corrected chi connectivity index (χ0v) is 17.0. The van der Waals surface area contributed by atoms with Gasteiger partial charge in [-0.05, 0) is 43.0 Å². The van der Waals surface area contributed by atoms with Crippen LogP contribution in [-0.4, -0.2) is 72.8 Å². The molecule has 7 nitrogen and oxygen atoms in total. The van der Waals surface area contributed by atoms with Gasteiger partial charge >= 0.3 is 0 Å². The molecule has 0 atom stereocenters. The van der Waals surface area contributed by atoms with Gasteiger partial charge in [0.2, 0.25) is 11.8 Å². The topological polar surface area (TPSA) is 81.8 Å². The Balaban J connectivity index is 1.42. The largest absolute Gasteiger partial charge is 0.355 e. The van der Waals surface area contributed by atoms with Crippen LogP contribution in [0.2, 0.25) is 0 Å². The van der Waals surface area contributed by atoms with Crippen molar-refractivity contribution in [3.05, 3.63) is 41.5 Å². The summed E-state index contributed by atoms with van der Waals surface area (Å²) in [4.78, 5) is 40.1. The number of nitrogens with one attached hydrogen (secondary N) is 2. The van der Waals surface area contributed by atoms with Crippen molar-refractivity contribution < 1.29 is 14.4 Å². The Bertz CT molecular complexity index is 748. The van der Waals surface area contributed by atoms with E-state index in [2.05, 4.69) is 15.5 Å². The maximum absolute atomic E-state index is 12.4. The van der Waals surface area contributed by atoms with E-state index in [0.29, 0.717) is 50.9 Å². The Morgan fingerprint density at radius 1 is 1.07 bits per heavy atom. The summed E-state index contributed by atoms with van der Waals surface area (Å²) in [5, 5.41) is 5.84. The molecular weight excluding hydrogens is 368 g/mol. The molecule has 0 radical (unpaired) electrons. The highest BCUT2D eigenvalue weighted by molar-refractivity contribution is 5.95. The number of benzene rings is 1. The third-order valence-electron chi connectivity index (χ3n) is 5.13. The molecule has 1 saturated carbocycles. The Hall–Kier alpha value is -2.67. The molecule has 1 aliphatic heterocycles. The van der Waals surface area contributed by atoms with Gasteiger partial charge in [0, 0.05) is 50.4 Å². The first kappa shape index (κ1) is 21.0. The Labute approximate surface area is 172 Å². The van der Waals surface area contributed by atoms with E-state index < -0.39 is 0 Å². The van der Waals surface area contributed by atoms with E-state index in [0.717, 1.165) is 24.8 Å². The molecule has 3 rings (SSSR count). The molecule has 0 bridgehead atoms. The number of carbonyl (C=O) groups is 3. The van der Waals surface area contributed by atoms with Gasteiger partial charge < -0.3 is 15.5 Å². The third-order valence-corrected chi connectivity index (χ3v) is 5.13. The second-order valence-electron chi connectivity index (χ2n) is 7.65. The molecule has 1 aliphatic carbocycles. The van der Waals surface area contributed by atoms with Crippen LogP contribution in [0.4, 0.5) is 0 Å². The van der Waals surface area contributed by atoms with Gasteiger partial charge in [-0.1, -0.05) is 19.1 Å². The van der Waals surface area contributed by atoms with Gasteiger partial charge in [-0.15, -0.1) is 0 Å². The number of piperazine rings is 1. The average Bonchev–Trinajstić information content (AvgIpc) is 3.55. The average molecular weight is 399 g/mol. The molecule has 7 heteroatoms. The van der Waals surface area contributed by atoms with Crippen LogP contribution in [0.1, 0.15) is 42.1 Å². The van der Waals surface area contributed by atoms with Crippen molar-refractivity contribution in [2.24, 2.45) is 0 Å². The summed E-state index contributed by atoms with van der Waals surface area (Å²) in [5.41, 5.74) is 1.52. The van der Waals surface area contributed by atoms with Crippen molar-refractivity contribution in [1.82, 2.24) is 20.4 Å². The zero-order chi connectivity index (χ0) is 20.6. The SMILES string of the molecule is CCCNC(=O)CN1CCN(C(=O)/C=C/c2ccc(C(=O)NC3CC3)cc2)CC1. The molecule has 2 N–H and O–H groups in total. The number of hydrogen-bond acceptors (Lipinski definition) is 4. The molecular formula is C22H30N4O3. The minimum Gasteiger partial charge on any atom is -0.355 e. The van der Waals surface area contributed by atoms with Crippen LogP contribution in [0.25, 0.3) is 6.08 Å². The van der Waals surface area contributed by atoms with Gasteiger partial charge in [0.05, 0.1) is 6.54 Å². The van der Waals surface area contributed by atoms with E-state index in [1.807, 2.05) is 19.1 Å². The Morgan fingerprint density at radius 3 is 2.38 bits per heavy atom. The predicted molar refractivity (Wildman–Crippen MR) is 112 cm³/mol. The van der Waals surface area contributed by atoms with Crippen LogP contribution < -0.4 is 10.6 Å². The minimum absolute atomic E-state index is 0.0318. The van der Waals surface area contributed by atoms with Crippen LogP contribution >= 0.6 is 0 Å². The maximum Gasteiger partial charge on any atom is 0.251 e. The monoisotopic (exact) mass is 398 g/mol. The molecule has 2 aliphatic rings. The van der Waals surface area contributed by atoms with E-state index in [9.17, 15) is 14.4 Å². The maximum atomic E-state index is 12.4. The van der Waals surface area contributed by atoms with Crippen molar-refractivity contribution in [3.8, 4) is 0 Å². The summed E-state index contributed by atoms with van der Waals surface area (Å²) in [7, 11) is 0. The van der Waals surface area contributed by atoms with Gasteiger partial charge in [0.25, 0.3) is 5.91 Å². The quantitative estimate of drug-likeness (QED) is 0.646. The smallest absolute Gasteiger partial charge is 0.251 e. The number of nitrogens with zero attached hydrogens (tertiary/aromatic N) is 2. The van der Waals surface area contributed by atoms with Crippen LogP contribution in [0, 0.1) is 0 Å². The number of amides is 3. The molecule has 1 aromatic carbocycles. The standard InChI is InChI=1S/C22H30N4O3/c1-2-11-23-20(27)16-25-12-14-26(15-13-25)21(28)10-5-17-3-6-18(7-4-17)22(29)24-19-8-9-19/h3-7,10,19H,2,8-9,11-16H2,1H3,(H,23,27)(H,24,29)/b10-5+. The van der Waals surface area contributed by atoms with Crippen LogP contribution in [0.15, 0.2) is 30.3 Å². The van der Waals surface area contributed by atoms with Crippen LogP contribution in [-0.2, 0) is 9.59 Å². The van der Waals surface area contributed by atoms with Crippen LogP contribution in [0.3, 0.4) is 0 Å². The van der Waals surface area contributed by atoms with Crippen molar-refractivity contribution in [2.75, 3.05) is 39.3 Å². The van der Waals surface area contributed by atoms with Crippen molar-refractivity contribution in [1.29, 1.82) is 0 Å². The lowest BCUT2D eigenvalue weighted by atomic mass is 10.1. The Kier molecular flexibility index (Phi) is 7.41. The van der Waals surface area contributed by atoms with Gasteiger partial charge in [-0.3, -0.25) is 19.3 Å². The minimum atomic E-state index is -0.0413. The van der Waals surface area contributed by atoms with Gasteiger partial charge in [0.1, 0.15) is 0 Å². The second-order valence-corrected chi connectivity index (χ2v) is 7.65. The zero-order valence-electron chi connectivity index (χ0n) is 17.0. The van der Waals surface area contributed by atoms with Crippen molar-refractivity contribution in [3.63, 3.8) is 0 Å². The number of rotatable bonds is 8. The van der Waals surface area contributed by atoms with Gasteiger partial charge in [-0.2, -0.15) is 0 Å². The van der Waals surface area contributed by atoms with E-state index in [-0.39, 0.29) is 17.7 Å². The van der Waals surface area contributed by atoms with Gasteiger partial charge in [0.15, 0.2) is 0 Å². The number of hydrogen-bond donors (Lipinski definition) is 2. The van der Waals surface area contributed by atoms with Crippen LogP contribution in [0.5, 0.6) is 0 Å². The molecule has 1 saturated heterocycles. The molecule has 0 unspecified atom stereocenters. The predicted octanol–water partition coefficient (Wildman–Crippen LogP) is 1.26. The first-order valence-corrected chi connectivity index (χ1v) is 10.4. The van der Waals surface area contributed by atoms with E-state index in [1.54, 1.807) is 29.2 Å². The lowest BCUT2D eigenvalue weighted by molar-refractivity contribution is -0.128. The summed E-state index contributed by atoms with van der Waals surface area (Å²) in [6.07, 6.45) is 6.40. The van der Waals surface area contributed by atoms with Crippen molar-refractivity contribution in [2.45, 2.75) is 32.2 Å². The molecule has 0 spiro atoms. The fourth-order valence-corrected chi connectivity index (χ4v) is 3.16. The highest BCUT2D eigenvalue weighted by Gasteiger charge is 2.23. The van der Waals surface area contributed by atoms with Crippen molar-refractivity contribution >= 4 is 23.8 Å². The van der Waals surface area contributed by atoms with E-state index in [4.69, 9.17) is 0 Å². The molecule has 3 amide bonds. The normalized spacial score (nSPS) is 17.3. The first-order chi connectivity index (χ1) is 14.0. The fourth-order valence-electron chi connectivity index (χ4n) is 3.16. The highest BCUT2D eigenvalue weighted by Crippen LogP contribution is 2.19. The summed E-state index contributed by atoms with van der Waals surface area (Å²) in [6, 6.07) is 7.59. The molecule has 1 heterocycles. The number of carbonyl (C=O) groups excluding carboxylic acids is 3. The lowest BCUT2D eigenvalue weighted by Crippen LogP contribution is -2.50.